The van der Waals surface area contributed by atoms with Crippen molar-refractivity contribution in [3.8, 4) is 0 Å². The Hall–Kier alpha value is -1.50. The zero-order valence-electron chi connectivity index (χ0n) is 9.26. The predicted molar refractivity (Wildman–Crippen MR) is 67.8 cm³/mol. The molecule has 80 valence electrons. The summed E-state index contributed by atoms with van der Waals surface area (Å²) in [7, 11) is 0. The highest BCUT2D eigenvalue weighted by atomic mass is 15.2. The molecule has 1 nitrogen and oxygen atoms in total. The van der Waals surface area contributed by atoms with Gasteiger partial charge in [0.15, 0.2) is 0 Å². The minimum absolute atomic E-state index is 0.999. The van der Waals surface area contributed by atoms with E-state index in [9.17, 15) is 0 Å². The molecule has 1 heteroatoms. The molecule has 0 aromatic heterocycles. The first-order valence-electron chi connectivity index (χ1n) is 6.14. The fraction of sp³-hybridized carbons (Fsp3) is 0.333. The Morgan fingerprint density at radius 3 is 2.50 bits per heavy atom. The van der Waals surface area contributed by atoms with Gasteiger partial charge in [0, 0.05) is 24.2 Å². The molecule has 2 aromatic rings. The average Bonchev–Trinajstić information content (AvgIpc) is 2.96. The molecule has 2 atom stereocenters. The van der Waals surface area contributed by atoms with Gasteiger partial charge in [-0.25, -0.2) is 0 Å². The molecular formula is C15H15N. The van der Waals surface area contributed by atoms with Crippen molar-refractivity contribution in [1.29, 1.82) is 0 Å². The molecule has 1 aliphatic heterocycles. The highest BCUT2D eigenvalue weighted by Crippen LogP contribution is 2.47. The first-order chi connectivity index (χ1) is 7.92. The molecule has 0 amide bonds. The van der Waals surface area contributed by atoms with Crippen molar-refractivity contribution in [1.82, 2.24) is 0 Å². The topological polar surface area (TPSA) is 3.24 Å². The lowest BCUT2D eigenvalue weighted by molar-refractivity contribution is 0.823. The van der Waals surface area contributed by atoms with Gasteiger partial charge in [0.25, 0.3) is 0 Å². The molecule has 1 saturated carbocycles. The third kappa shape index (κ3) is 1.18. The summed E-state index contributed by atoms with van der Waals surface area (Å²) in [6.45, 7) is 2.55. The van der Waals surface area contributed by atoms with Gasteiger partial charge in [0.2, 0.25) is 0 Å². The second-order valence-electron chi connectivity index (χ2n) is 5.16. The van der Waals surface area contributed by atoms with E-state index in [1.165, 1.54) is 36.0 Å². The molecule has 4 rings (SSSR count). The minimum atomic E-state index is 0.999. The minimum Gasteiger partial charge on any atom is -0.370 e. The van der Waals surface area contributed by atoms with Crippen molar-refractivity contribution in [3.05, 3.63) is 42.5 Å². The van der Waals surface area contributed by atoms with Crippen molar-refractivity contribution in [2.24, 2.45) is 11.8 Å². The van der Waals surface area contributed by atoms with Crippen molar-refractivity contribution in [3.63, 3.8) is 0 Å². The lowest BCUT2D eigenvalue weighted by Crippen LogP contribution is -2.21. The second-order valence-corrected chi connectivity index (χ2v) is 5.16. The van der Waals surface area contributed by atoms with Gasteiger partial charge in [-0.05, 0) is 29.7 Å². The molecule has 0 spiro atoms. The largest absolute Gasteiger partial charge is 0.370 e. The van der Waals surface area contributed by atoms with Gasteiger partial charge in [0.1, 0.15) is 0 Å². The standard InChI is InChI=1S/C15H15N/c1-2-6-14-11(4-1)5-3-7-15(14)16-9-12-8-13(12)10-16/h1-7,12-13H,8-10H2. The van der Waals surface area contributed by atoms with E-state index in [0.717, 1.165) is 11.8 Å². The van der Waals surface area contributed by atoms with Crippen LogP contribution in [-0.4, -0.2) is 13.1 Å². The van der Waals surface area contributed by atoms with Gasteiger partial charge < -0.3 is 4.90 Å². The summed E-state index contributed by atoms with van der Waals surface area (Å²) < 4.78 is 0. The lowest BCUT2D eigenvalue weighted by Gasteiger charge is -2.22. The summed E-state index contributed by atoms with van der Waals surface area (Å²) >= 11 is 0. The van der Waals surface area contributed by atoms with E-state index in [2.05, 4.69) is 47.4 Å². The van der Waals surface area contributed by atoms with Crippen LogP contribution < -0.4 is 4.90 Å². The zero-order valence-corrected chi connectivity index (χ0v) is 9.26. The molecule has 0 N–H and O–H groups in total. The van der Waals surface area contributed by atoms with Gasteiger partial charge in [-0.1, -0.05) is 36.4 Å². The first kappa shape index (κ1) is 8.63. The van der Waals surface area contributed by atoms with Crippen molar-refractivity contribution in [2.45, 2.75) is 6.42 Å². The number of piperidine rings is 1. The van der Waals surface area contributed by atoms with Crippen LogP contribution in [0.25, 0.3) is 10.8 Å². The summed E-state index contributed by atoms with van der Waals surface area (Å²) in [5.74, 6) is 2.00. The third-order valence-corrected chi connectivity index (χ3v) is 4.09. The summed E-state index contributed by atoms with van der Waals surface area (Å²) in [6.07, 6.45) is 1.47. The SMILES string of the molecule is c1ccc2c(N3CC4CC4C3)cccc2c1. The Bertz CT molecular complexity index is 531. The van der Waals surface area contributed by atoms with Crippen LogP contribution in [0, 0.1) is 11.8 Å². The zero-order chi connectivity index (χ0) is 10.5. The number of hydrogen-bond donors (Lipinski definition) is 0. The molecule has 0 bridgehead atoms. The Labute approximate surface area is 95.7 Å². The quantitative estimate of drug-likeness (QED) is 0.696. The summed E-state index contributed by atoms with van der Waals surface area (Å²) in [4.78, 5) is 2.57. The Morgan fingerprint density at radius 2 is 1.62 bits per heavy atom. The van der Waals surface area contributed by atoms with Crippen LogP contribution in [0.15, 0.2) is 42.5 Å². The molecule has 2 fully saturated rings. The summed E-state index contributed by atoms with van der Waals surface area (Å²) in [6, 6.07) is 15.4. The highest BCUT2D eigenvalue weighted by molar-refractivity contribution is 5.94. The van der Waals surface area contributed by atoms with Crippen LogP contribution in [0.4, 0.5) is 5.69 Å². The Morgan fingerprint density at radius 1 is 0.875 bits per heavy atom. The fourth-order valence-electron chi connectivity index (χ4n) is 3.08. The normalized spacial score (nSPS) is 27.1. The molecule has 2 unspecified atom stereocenters. The van der Waals surface area contributed by atoms with E-state index in [-0.39, 0.29) is 0 Å². The van der Waals surface area contributed by atoms with Crippen LogP contribution in [-0.2, 0) is 0 Å². The molecule has 1 heterocycles. The van der Waals surface area contributed by atoms with Crippen LogP contribution >= 0.6 is 0 Å². The predicted octanol–water partition coefficient (Wildman–Crippen LogP) is 3.30. The van der Waals surface area contributed by atoms with Gasteiger partial charge in [-0.2, -0.15) is 0 Å². The van der Waals surface area contributed by atoms with E-state index < -0.39 is 0 Å². The van der Waals surface area contributed by atoms with E-state index >= 15 is 0 Å². The molecule has 2 aliphatic rings. The number of rotatable bonds is 1. The van der Waals surface area contributed by atoms with Crippen LogP contribution in [0.5, 0.6) is 0 Å². The van der Waals surface area contributed by atoms with E-state index in [1.54, 1.807) is 0 Å². The van der Waals surface area contributed by atoms with E-state index in [1.807, 2.05) is 0 Å². The number of benzene rings is 2. The molecule has 0 radical (unpaired) electrons. The Balaban J connectivity index is 1.84. The molecule has 16 heavy (non-hydrogen) atoms. The number of anilines is 1. The van der Waals surface area contributed by atoms with Gasteiger partial charge >= 0.3 is 0 Å². The maximum absolute atomic E-state index is 2.57. The fourth-order valence-corrected chi connectivity index (χ4v) is 3.08. The van der Waals surface area contributed by atoms with Crippen LogP contribution in [0.3, 0.4) is 0 Å². The van der Waals surface area contributed by atoms with Crippen molar-refractivity contribution in [2.75, 3.05) is 18.0 Å². The molecule has 1 aliphatic carbocycles. The van der Waals surface area contributed by atoms with Crippen LogP contribution in [0.1, 0.15) is 6.42 Å². The molecular weight excluding hydrogens is 194 g/mol. The van der Waals surface area contributed by atoms with E-state index in [4.69, 9.17) is 0 Å². The average molecular weight is 209 g/mol. The number of nitrogens with zero attached hydrogens (tertiary/aromatic N) is 1. The lowest BCUT2D eigenvalue weighted by atomic mass is 10.1. The number of fused-ring (bicyclic) bond motifs is 2. The van der Waals surface area contributed by atoms with Gasteiger partial charge in [-0.15, -0.1) is 0 Å². The Kier molecular flexibility index (Phi) is 1.62. The summed E-state index contributed by atoms with van der Waals surface area (Å²) in [5.41, 5.74) is 1.44. The third-order valence-electron chi connectivity index (χ3n) is 4.09. The smallest absolute Gasteiger partial charge is 0.0446 e. The molecule has 1 saturated heterocycles. The maximum atomic E-state index is 2.57. The van der Waals surface area contributed by atoms with Crippen LogP contribution in [0.2, 0.25) is 0 Å². The van der Waals surface area contributed by atoms with E-state index in [0.29, 0.717) is 0 Å². The maximum Gasteiger partial charge on any atom is 0.0446 e. The van der Waals surface area contributed by atoms with Crippen molar-refractivity contribution >= 4 is 16.5 Å². The highest BCUT2D eigenvalue weighted by Gasteiger charge is 2.45. The first-order valence-corrected chi connectivity index (χ1v) is 6.14. The summed E-state index contributed by atoms with van der Waals surface area (Å²) in [5, 5.41) is 2.77. The number of hydrogen-bond acceptors (Lipinski definition) is 1. The molecule has 2 aromatic carbocycles. The second kappa shape index (κ2) is 3.00. The monoisotopic (exact) mass is 209 g/mol. The van der Waals surface area contributed by atoms with Crippen molar-refractivity contribution < 1.29 is 0 Å². The van der Waals surface area contributed by atoms with Gasteiger partial charge in [-0.3, -0.25) is 0 Å². The van der Waals surface area contributed by atoms with Gasteiger partial charge in [0.05, 0.1) is 0 Å².